The Labute approximate surface area is 264 Å². The lowest BCUT2D eigenvalue weighted by atomic mass is 10.0. The van der Waals surface area contributed by atoms with Crippen LogP contribution in [0, 0.1) is 10.1 Å². The molecule has 1 fully saturated rings. The lowest BCUT2D eigenvalue weighted by Gasteiger charge is -2.29. The molecule has 0 unspecified atom stereocenters. The Morgan fingerprint density at radius 1 is 0.978 bits per heavy atom. The molecule has 0 saturated carbocycles. The van der Waals surface area contributed by atoms with Gasteiger partial charge in [0, 0.05) is 37.2 Å². The van der Waals surface area contributed by atoms with E-state index in [9.17, 15) is 38.9 Å². The Balaban J connectivity index is 1.76. The molecule has 0 aliphatic carbocycles. The number of anilines is 1. The van der Waals surface area contributed by atoms with Gasteiger partial charge in [0.1, 0.15) is 24.2 Å². The van der Waals surface area contributed by atoms with Crippen LogP contribution in [0.15, 0.2) is 54.5 Å². The van der Waals surface area contributed by atoms with Crippen LogP contribution in [0.4, 0.5) is 11.4 Å². The van der Waals surface area contributed by atoms with Crippen molar-refractivity contribution in [3.8, 4) is 0 Å². The molecule has 5 N–H and O–H groups in total. The maximum atomic E-state index is 13.6. The number of nitro groups is 1. The van der Waals surface area contributed by atoms with Gasteiger partial charge in [-0.3, -0.25) is 38.9 Å². The summed E-state index contributed by atoms with van der Waals surface area (Å²) in [5, 5.41) is 29.7. The third kappa shape index (κ3) is 10.1. The summed E-state index contributed by atoms with van der Waals surface area (Å²) in [5.41, 5.74) is -1.08. The van der Waals surface area contributed by atoms with Crippen LogP contribution in [0.3, 0.4) is 0 Å². The van der Waals surface area contributed by atoms with E-state index in [4.69, 9.17) is 10.6 Å². The average molecular weight is 629 g/mol. The standard InChI is InChI=1S/C30H36N6O9/c1-18(31-25(37)14-15-26(38)39)27(40)32-19(2)30(43)35-16-6-9-24(35)29(42)34-23(17-20-7-4-3-5-8-20)28(41)33-21-10-12-22(13-11-21)36(44)45/h3-5,7-8,10-13,18-19,23-24H,6,9,14-17H2,1-2H3,(H,31,37)(H,32,40)(H,33,41)(H,34,42)(H,38,39)/t18-,19-,23-,24-/m0/s1/i10D,11D,12D,13D. The molecule has 2 aromatic rings. The first-order valence-electron chi connectivity index (χ1n) is 16.0. The van der Waals surface area contributed by atoms with E-state index in [-0.39, 0.29) is 25.8 Å². The highest BCUT2D eigenvalue weighted by Gasteiger charge is 2.38. The van der Waals surface area contributed by atoms with Gasteiger partial charge in [0.25, 0.3) is 5.69 Å². The molecular weight excluding hydrogens is 588 g/mol. The second-order valence-electron chi connectivity index (χ2n) is 10.3. The molecule has 0 radical (unpaired) electrons. The number of carbonyl (C=O) groups is 6. The molecule has 4 atom stereocenters. The molecule has 240 valence electrons. The summed E-state index contributed by atoms with van der Waals surface area (Å²) in [7, 11) is 0. The van der Waals surface area contributed by atoms with Crippen molar-refractivity contribution in [2.75, 3.05) is 11.9 Å². The number of nitrogens with one attached hydrogen (secondary N) is 4. The van der Waals surface area contributed by atoms with E-state index >= 15 is 0 Å². The summed E-state index contributed by atoms with van der Waals surface area (Å²) in [6.45, 7) is 2.90. The second-order valence-corrected chi connectivity index (χ2v) is 10.3. The van der Waals surface area contributed by atoms with Gasteiger partial charge in [-0.05, 0) is 44.3 Å². The van der Waals surface area contributed by atoms with Crippen molar-refractivity contribution < 1.29 is 44.3 Å². The number of aliphatic carboxylic acids is 1. The minimum Gasteiger partial charge on any atom is -0.481 e. The summed E-state index contributed by atoms with van der Waals surface area (Å²) >= 11 is 0. The Morgan fingerprint density at radius 2 is 1.64 bits per heavy atom. The SMILES string of the molecule is [2H]c1c([2H])c([N+](=O)[O-])c([2H])c([2H])c1NC(=O)[C@H](Cc1ccccc1)NC(=O)[C@@H]1CCCN1C(=O)[C@H](C)NC(=O)[C@H](C)NC(=O)CCC(=O)O. The van der Waals surface area contributed by atoms with E-state index < -0.39 is 107 Å². The minimum absolute atomic E-state index is 0.0866. The number of carboxylic acids is 1. The fourth-order valence-electron chi connectivity index (χ4n) is 4.55. The number of nitro benzene ring substituents is 1. The summed E-state index contributed by atoms with van der Waals surface area (Å²) in [6.07, 6.45) is -0.214. The number of amides is 5. The maximum absolute atomic E-state index is 13.6. The minimum atomic E-state index is -1.35. The topological polar surface area (TPSA) is 217 Å². The van der Waals surface area contributed by atoms with Gasteiger partial charge in [-0.1, -0.05) is 30.3 Å². The molecule has 2 aromatic carbocycles. The van der Waals surface area contributed by atoms with Gasteiger partial charge in [-0.15, -0.1) is 0 Å². The van der Waals surface area contributed by atoms with Gasteiger partial charge in [-0.2, -0.15) is 0 Å². The van der Waals surface area contributed by atoms with Crippen LogP contribution in [0.1, 0.15) is 50.6 Å². The smallest absolute Gasteiger partial charge is 0.303 e. The Hall–Kier alpha value is -5.34. The molecule has 1 aliphatic heterocycles. The number of benzene rings is 2. The van der Waals surface area contributed by atoms with Crippen LogP contribution in [-0.2, 0) is 35.2 Å². The predicted octanol–water partition coefficient (Wildman–Crippen LogP) is 1.13. The van der Waals surface area contributed by atoms with Crippen molar-refractivity contribution >= 4 is 46.9 Å². The van der Waals surface area contributed by atoms with E-state index in [1.807, 2.05) is 0 Å². The van der Waals surface area contributed by atoms with Gasteiger partial charge in [0.05, 0.1) is 16.8 Å². The molecule has 5 amide bonds. The van der Waals surface area contributed by atoms with Gasteiger partial charge in [-0.25, -0.2) is 0 Å². The zero-order valence-electron chi connectivity index (χ0n) is 28.5. The molecule has 1 heterocycles. The highest BCUT2D eigenvalue weighted by molar-refractivity contribution is 5.99. The lowest BCUT2D eigenvalue weighted by Crippen LogP contribution is -2.56. The third-order valence-corrected chi connectivity index (χ3v) is 6.86. The molecule has 0 bridgehead atoms. The molecule has 45 heavy (non-hydrogen) atoms. The number of rotatable bonds is 14. The fraction of sp³-hybridized carbons (Fsp3) is 0.400. The number of likely N-dealkylation sites (tertiary alicyclic amines) is 1. The zero-order valence-corrected chi connectivity index (χ0v) is 24.5. The monoisotopic (exact) mass is 628 g/mol. The summed E-state index contributed by atoms with van der Waals surface area (Å²) in [4.78, 5) is 87.2. The summed E-state index contributed by atoms with van der Waals surface area (Å²) in [6, 6.07) is 0.195. The molecule has 0 aromatic heterocycles. The summed E-state index contributed by atoms with van der Waals surface area (Å²) < 4.78 is 32.1. The number of carboxylic acid groups (broad SMARTS) is 1. The van der Waals surface area contributed by atoms with Gasteiger partial charge < -0.3 is 31.3 Å². The molecule has 15 heteroatoms. The molecular formula is C30H36N6O9. The van der Waals surface area contributed by atoms with Crippen molar-refractivity contribution in [1.29, 1.82) is 0 Å². The van der Waals surface area contributed by atoms with Crippen molar-refractivity contribution in [3.63, 3.8) is 0 Å². The van der Waals surface area contributed by atoms with Crippen molar-refractivity contribution in [3.05, 3.63) is 70.2 Å². The zero-order chi connectivity index (χ0) is 36.6. The number of carbonyl (C=O) groups excluding carboxylic acids is 5. The van der Waals surface area contributed by atoms with E-state index in [0.29, 0.717) is 12.0 Å². The molecule has 1 saturated heterocycles. The highest BCUT2D eigenvalue weighted by atomic mass is 16.6. The normalized spacial score (nSPS) is 17.3. The van der Waals surface area contributed by atoms with Gasteiger partial charge >= 0.3 is 5.97 Å². The number of hydrogen-bond donors (Lipinski definition) is 5. The van der Waals surface area contributed by atoms with Crippen LogP contribution in [0.5, 0.6) is 0 Å². The first-order valence-corrected chi connectivity index (χ1v) is 14.0. The molecule has 3 rings (SSSR count). The van der Waals surface area contributed by atoms with Crippen LogP contribution >= 0.6 is 0 Å². The Kier molecular flexibility index (Phi) is 10.1. The number of hydrogen-bond acceptors (Lipinski definition) is 8. The van der Waals surface area contributed by atoms with E-state index in [1.54, 1.807) is 30.3 Å². The van der Waals surface area contributed by atoms with Crippen LogP contribution in [0.25, 0.3) is 0 Å². The maximum Gasteiger partial charge on any atom is 0.303 e. The third-order valence-electron chi connectivity index (χ3n) is 6.86. The molecule has 15 nitrogen and oxygen atoms in total. The van der Waals surface area contributed by atoms with Crippen molar-refractivity contribution in [2.24, 2.45) is 0 Å². The van der Waals surface area contributed by atoms with Crippen molar-refractivity contribution in [2.45, 2.75) is 70.1 Å². The van der Waals surface area contributed by atoms with Gasteiger partial charge in [0.2, 0.25) is 29.5 Å². The Morgan fingerprint density at radius 3 is 2.27 bits per heavy atom. The average Bonchev–Trinajstić information content (AvgIpc) is 3.54. The first kappa shape index (κ1) is 28.4. The first-order chi connectivity index (χ1) is 23.0. The molecule has 1 aliphatic rings. The molecule has 0 spiro atoms. The lowest BCUT2D eigenvalue weighted by molar-refractivity contribution is -0.384. The summed E-state index contributed by atoms with van der Waals surface area (Å²) in [5.74, 6) is -4.84. The number of nitrogens with zero attached hydrogens (tertiary/aromatic N) is 2. The highest BCUT2D eigenvalue weighted by Crippen LogP contribution is 2.20. The van der Waals surface area contributed by atoms with E-state index in [0.717, 1.165) is 0 Å². The van der Waals surface area contributed by atoms with Crippen molar-refractivity contribution in [1.82, 2.24) is 20.9 Å². The second kappa shape index (κ2) is 15.9. The van der Waals surface area contributed by atoms with Gasteiger partial charge in [0.15, 0.2) is 0 Å². The van der Waals surface area contributed by atoms with Crippen LogP contribution < -0.4 is 21.3 Å². The largest absolute Gasteiger partial charge is 0.481 e. The fourth-order valence-corrected chi connectivity index (χ4v) is 4.55. The van der Waals surface area contributed by atoms with E-state index in [2.05, 4.69) is 21.3 Å². The predicted molar refractivity (Wildman–Crippen MR) is 161 cm³/mol. The quantitative estimate of drug-likeness (QED) is 0.149. The Bertz CT molecular complexity index is 1620. The van der Waals surface area contributed by atoms with Crippen LogP contribution in [-0.4, -0.2) is 81.1 Å². The van der Waals surface area contributed by atoms with Crippen LogP contribution in [0.2, 0.25) is 0 Å². The van der Waals surface area contributed by atoms with E-state index in [1.165, 1.54) is 18.7 Å².